The number of carbonyl (C=O) groups excluding carboxylic acids is 1. The number of hydrogen-bond acceptors (Lipinski definition) is 3. The molecule has 0 aliphatic rings. The number of nitrogens with one attached hydrogen (secondary N) is 1. The fraction of sp³-hybridized carbons (Fsp3) is 0.118. The van der Waals surface area contributed by atoms with Gasteiger partial charge in [-0.15, -0.1) is 0 Å². The second-order valence-electron chi connectivity index (χ2n) is 5.27. The maximum absolute atomic E-state index is 11.7. The van der Waals surface area contributed by atoms with Crippen molar-refractivity contribution in [1.29, 1.82) is 0 Å². The Morgan fingerprint density at radius 1 is 1.13 bits per heavy atom. The van der Waals surface area contributed by atoms with Gasteiger partial charge in [0.05, 0.1) is 17.8 Å². The average Bonchev–Trinajstić information content (AvgIpc) is 3.00. The van der Waals surface area contributed by atoms with Crippen LogP contribution >= 0.6 is 0 Å². The SMILES string of the molecule is NC(=O)c1c[nH]nc1Cc1ccc(Cn2ccccc2=O)cc1. The molecule has 2 heterocycles. The molecule has 0 fully saturated rings. The van der Waals surface area contributed by atoms with Crippen molar-refractivity contribution in [2.45, 2.75) is 13.0 Å². The summed E-state index contributed by atoms with van der Waals surface area (Å²) in [5.41, 5.74) is 8.36. The van der Waals surface area contributed by atoms with E-state index in [4.69, 9.17) is 5.73 Å². The zero-order valence-corrected chi connectivity index (χ0v) is 12.4. The minimum absolute atomic E-state index is 0.0285. The van der Waals surface area contributed by atoms with Crippen LogP contribution in [0.5, 0.6) is 0 Å². The second-order valence-corrected chi connectivity index (χ2v) is 5.27. The van der Waals surface area contributed by atoms with Gasteiger partial charge in [0.25, 0.3) is 11.5 Å². The fourth-order valence-corrected chi connectivity index (χ4v) is 2.41. The Bertz CT molecular complexity index is 878. The molecule has 1 aromatic carbocycles. The summed E-state index contributed by atoms with van der Waals surface area (Å²) in [5, 5.41) is 6.72. The lowest BCUT2D eigenvalue weighted by Crippen LogP contribution is -2.18. The molecule has 0 saturated carbocycles. The van der Waals surface area contributed by atoms with E-state index < -0.39 is 5.91 Å². The quantitative estimate of drug-likeness (QED) is 0.744. The molecule has 23 heavy (non-hydrogen) atoms. The van der Waals surface area contributed by atoms with Crippen LogP contribution in [-0.2, 0) is 13.0 Å². The van der Waals surface area contributed by atoms with Gasteiger partial charge in [0, 0.05) is 24.9 Å². The molecule has 0 aliphatic carbocycles. The van der Waals surface area contributed by atoms with Gasteiger partial charge in [-0.2, -0.15) is 5.10 Å². The molecule has 0 atom stereocenters. The van der Waals surface area contributed by atoms with Gasteiger partial charge in [0.15, 0.2) is 0 Å². The zero-order valence-electron chi connectivity index (χ0n) is 12.4. The molecule has 0 saturated heterocycles. The van der Waals surface area contributed by atoms with Crippen molar-refractivity contribution in [2.24, 2.45) is 5.73 Å². The number of benzene rings is 1. The van der Waals surface area contributed by atoms with Gasteiger partial charge < -0.3 is 10.3 Å². The van der Waals surface area contributed by atoms with E-state index in [9.17, 15) is 9.59 Å². The number of nitrogens with zero attached hydrogens (tertiary/aromatic N) is 2. The Hall–Kier alpha value is -3.15. The van der Waals surface area contributed by atoms with Crippen molar-refractivity contribution < 1.29 is 4.79 Å². The van der Waals surface area contributed by atoms with E-state index in [1.807, 2.05) is 30.3 Å². The number of nitrogens with two attached hydrogens (primary N) is 1. The van der Waals surface area contributed by atoms with Crippen molar-refractivity contribution >= 4 is 5.91 Å². The van der Waals surface area contributed by atoms with E-state index in [-0.39, 0.29) is 5.56 Å². The van der Waals surface area contributed by atoms with Crippen LogP contribution < -0.4 is 11.3 Å². The van der Waals surface area contributed by atoms with Crippen LogP contribution in [0.15, 0.2) is 59.7 Å². The third-order valence-electron chi connectivity index (χ3n) is 3.63. The molecule has 2 aromatic heterocycles. The lowest BCUT2D eigenvalue weighted by Gasteiger charge is -2.06. The summed E-state index contributed by atoms with van der Waals surface area (Å²) >= 11 is 0. The Morgan fingerprint density at radius 3 is 2.57 bits per heavy atom. The maximum Gasteiger partial charge on any atom is 0.252 e. The summed E-state index contributed by atoms with van der Waals surface area (Å²) < 4.78 is 1.65. The van der Waals surface area contributed by atoms with Gasteiger partial charge in [-0.25, -0.2) is 0 Å². The molecule has 3 rings (SSSR count). The van der Waals surface area contributed by atoms with Crippen molar-refractivity contribution in [3.63, 3.8) is 0 Å². The number of amides is 1. The summed E-state index contributed by atoms with van der Waals surface area (Å²) in [6.45, 7) is 0.523. The Balaban J connectivity index is 1.75. The molecule has 6 nitrogen and oxygen atoms in total. The van der Waals surface area contributed by atoms with E-state index >= 15 is 0 Å². The smallest absolute Gasteiger partial charge is 0.252 e. The van der Waals surface area contributed by atoms with Gasteiger partial charge in [-0.1, -0.05) is 30.3 Å². The van der Waals surface area contributed by atoms with E-state index in [1.54, 1.807) is 16.8 Å². The molecule has 0 radical (unpaired) electrons. The molecule has 116 valence electrons. The first kappa shape index (κ1) is 14.8. The second kappa shape index (κ2) is 6.31. The normalized spacial score (nSPS) is 10.6. The van der Waals surface area contributed by atoms with E-state index in [2.05, 4.69) is 10.2 Å². The predicted molar refractivity (Wildman–Crippen MR) is 86.2 cm³/mol. The number of rotatable bonds is 5. The van der Waals surface area contributed by atoms with Crippen molar-refractivity contribution in [1.82, 2.24) is 14.8 Å². The van der Waals surface area contributed by atoms with Gasteiger partial charge >= 0.3 is 0 Å². The molecular formula is C17H16N4O2. The van der Waals surface area contributed by atoms with E-state index in [0.29, 0.717) is 24.2 Å². The molecule has 3 N–H and O–H groups in total. The first-order valence-corrected chi connectivity index (χ1v) is 7.19. The lowest BCUT2D eigenvalue weighted by atomic mass is 10.0. The number of aromatic nitrogens is 3. The molecule has 0 unspecified atom stereocenters. The average molecular weight is 308 g/mol. The van der Waals surface area contributed by atoms with Crippen LogP contribution in [0.3, 0.4) is 0 Å². The Labute approximate surface area is 132 Å². The largest absolute Gasteiger partial charge is 0.365 e. The van der Waals surface area contributed by atoms with Crippen molar-refractivity contribution in [3.8, 4) is 0 Å². The van der Waals surface area contributed by atoms with E-state index in [1.165, 1.54) is 12.3 Å². The number of aromatic amines is 1. The van der Waals surface area contributed by atoms with Gasteiger partial charge in [0.1, 0.15) is 0 Å². The predicted octanol–water partition coefficient (Wildman–Crippen LogP) is 1.31. The Kier molecular flexibility index (Phi) is 4.05. The van der Waals surface area contributed by atoms with Crippen molar-refractivity contribution in [2.75, 3.05) is 0 Å². The summed E-state index contributed by atoms with van der Waals surface area (Å²) in [6.07, 6.45) is 3.79. The molecule has 3 aromatic rings. The minimum Gasteiger partial charge on any atom is -0.365 e. The molecular weight excluding hydrogens is 292 g/mol. The maximum atomic E-state index is 11.7. The van der Waals surface area contributed by atoms with Crippen LogP contribution in [-0.4, -0.2) is 20.7 Å². The third kappa shape index (κ3) is 3.37. The summed E-state index contributed by atoms with van der Waals surface area (Å²) in [5.74, 6) is -0.492. The first-order valence-electron chi connectivity index (χ1n) is 7.19. The highest BCUT2D eigenvalue weighted by atomic mass is 16.1. The number of pyridine rings is 1. The summed E-state index contributed by atoms with van der Waals surface area (Å²) in [7, 11) is 0. The molecule has 0 spiro atoms. The summed E-state index contributed by atoms with van der Waals surface area (Å²) in [6, 6.07) is 12.9. The lowest BCUT2D eigenvalue weighted by molar-refractivity contribution is 0.0999. The highest BCUT2D eigenvalue weighted by molar-refractivity contribution is 5.93. The monoisotopic (exact) mass is 308 g/mol. The Morgan fingerprint density at radius 2 is 1.87 bits per heavy atom. The van der Waals surface area contributed by atoms with Crippen LogP contribution in [0.2, 0.25) is 0 Å². The van der Waals surface area contributed by atoms with Gasteiger partial charge in [0.2, 0.25) is 0 Å². The van der Waals surface area contributed by atoms with Crippen LogP contribution in [0, 0.1) is 0 Å². The minimum atomic E-state index is -0.492. The standard InChI is InChI=1S/C17H16N4O2/c18-17(23)14-10-19-20-15(14)9-12-4-6-13(7-5-12)11-21-8-2-1-3-16(21)22/h1-8,10H,9,11H2,(H2,18,23)(H,19,20). The van der Waals surface area contributed by atoms with Crippen molar-refractivity contribution in [3.05, 3.63) is 87.6 Å². The highest BCUT2D eigenvalue weighted by Gasteiger charge is 2.11. The first-order chi connectivity index (χ1) is 11.1. The third-order valence-corrected chi connectivity index (χ3v) is 3.63. The highest BCUT2D eigenvalue weighted by Crippen LogP contribution is 2.13. The number of hydrogen-bond donors (Lipinski definition) is 2. The summed E-state index contributed by atoms with van der Waals surface area (Å²) in [4.78, 5) is 23.0. The number of carbonyl (C=O) groups is 1. The van der Waals surface area contributed by atoms with Crippen LogP contribution in [0.4, 0.5) is 0 Å². The van der Waals surface area contributed by atoms with Crippen LogP contribution in [0.1, 0.15) is 27.2 Å². The topological polar surface area (TPSA) is 93.8 Å². The molecule has 0 bridgehead atoms. The van der Waals surface area contributed by atoms with Gasteiger partial charge in [-0.05, 0) is 17.2 Å². The van der Waals surface area contributed by atoms with Gasteiger partial charge in [-0.3, -0.25) is 14.7 Å². The zero-order chi connectivity index (χ0) is 16.2. The number of H-pyrrole nitrogens is 1. The molecule has 0 aliphatic heterocycles. The fourth-order valence-electron chi connectivity index (χ4n) is 2.41. The molecule has 1 amide bonds. The molecule has 6 heteroatoms. The van der Waals surface area contributed by atoms with Crippen LogP contribution in [0.25, 0.3) is 0 Å². The number of primary amides is 1. The van der Waals surface area contributed by atoms with E-state index in [0.717, 1.165) is 11.1 Å².